The van der Waals surface area contributed by atoms with Gasteiger partial charge in [0.1, 0.15) is 0 Å². The van der Waals surface area contributed by atoms with Gasteiger partial charge in [-0.05, 0) is 30.1 Å². The number of carbonyl (C=O) groups is 1. The van der Waals surface area contributed by atoms with Crippen LogP contribution in [-0.4, -0.2) is 30.2 Å². The first-order chi connectivity index (χ1) is 7.86. The van der Waals surface area contributed by atoms with E-state index in [1.807, 2.05) is 20.8 Å². The maximum atomic E-state index is 11.8. The number of nitrogens with two attached hydrogens (primary N) is 1. The Hall–Kier alpha value is -0.610. The standard InChI is InChI=1S/C13H26N2O2/c1-13(2,3)11(14)12(17)15-7-9-5-4-6-10(9)8-16/h9-11,16H,4-8,14H2,1-3H3,(H,15,17)/t9?,10?,11-/m0/s1. The number of carbonyl (C=O) groups excluding carboxylic acids is 1. The average molecular weight is 242 g/mol. The van der Waals surface area contributed by atoms with E-state index in [4.69, 9.17) is 5.73 Å². The fraction of sp³-hybridized carbons (Fsp3) is 0.923. The van der Waals surface area contributed by atoms with Crippen LogP contribution in [0.15, 0.2) is 0 Å². The van der Waals surface area contributed by atoms with Gasteiger partial charge in [0, 0.05) is 13.2 Å². The first-order valence-corrected chi connectivity index (χ1v) is 6.50. The zero-order valence-electron chi connectivity index (χ0n) is 11.2. The van der Waals surface area contributed by atoms with Gasteiger partial charge >= 0.3 is 0 Å². The summed E-state index contributed by atoms with van der Waals surface area (Å²) in [4.78, 5) is 11.8. The van der Waals surface area contributed by atoms with E-state index in [-0.39, 0.29) is 17.9 Å². The lowest BCUT2D eigenvalue weighted by Gasteiger charge is -2.27. The molecule has 4 nitrogen and oxygen atoms in total. The molecule has 0 aliphatic heterocycles. The molecular weight excluding hydrogens is 216 g/mol. The van der Waals surface area contributed by atoms with Gasteiger partial charge in [-0.2, -0.15) is 0 Å². The van der Waals surface area contributed by atoms with E-state index in [9.17, 15) is 9.90 Å². The first-order valence-electron chi connectivity index (χ1n) is 6.50. The van der Waals surface area contributed by atoms with E-state index in [0.29, 0.717) is 18.4 Å². The highest BCUT2D eigenvalue weighted by Gasteiger charge is 2.30. The Morgan fingerprint density at radius 1 is 1.41 bits per heavy atom. The molecule has 3 atom stereocenters. The molecule has 0 radical (unpaired) electrons. The maximum Gasteiger partial charge on any atom is 0.237 e. The highest BCUT2D eigenvalue weighted by molar-refractivity contribution is 5.82. The van der Waals surface area contributed by atoms with E-state index < -0.39 is 6.04 Å². The molecule has 100 valence electrons. The monoisotopic (exact) mass is 242 g/mol. The Bertz CT molecular complexity index is 261. The number of nitrogens with one attached hydrogen (secondary N) is 1. The van der Waals surface area contributed by atoms with Crippen LogP contribution in [0.3, 0.4) is 0 Å². The molecule has 1 aliphatic carbocycles. The summed E-state index contributed by atoms with van der Waals surface area (Å²) in [6.07, 6.45) is 3.32. The average Bonchev–Trinajstić information content (AvgIpc) is 2.70. The summed E-state index contributed by atoms with van der Waals surface area (Å²) in [5.74, 6) is 0.679. The SMILES string of the molecule is CC(C)(C)[C@@H](N)C(=O)NCC1CCCC1CO. The largest absolute Gasteiger partial charge is 0.396 e. The molecule has 0 aromatic carbocycles. The molecule has 1 saturated carbocycles. The summed E-state index contributed by atoms with van der Waals surface area (Å²) in [6.45, 7) is 6.76. The molecule has 0 spiro atoms. The first kappa shape index (κ1) is 14.5. The van der Waals surface area contributed by atoms with Crippen LogP contribution in [-0.2, 0) is 4.79 Å². The van der Waals surface area contributed by atoms with Crippen molar-refractivity contribution in [1.82, 2.24) is 5.32 Å². The van der Waals surface area contributed by atoms with Gasteiger partial charge in [-0.15, -0.1) is 0 Å². The fourth-order valence-electron chi connectivity index (χ4n) is 2.36. The highest BCUT2D eigenvalue weighted by atomic mass is 16.3. The molecule has 1 aliphatic rings. The van der Waals surface area contributed by atoms with Crippen LogP contribution in [0.4, 0.5) is 0 Å². The van der Waals surface area contributed by atoms with Gasteiger partial charge in [-0.25, -0.2) is 0 Å². The van der Waals surface area contributed by atoms with Gasteiger partial charge in [-0.1, -0.05) is 27.2 Å². The van der Waals surface area contributed by atoms with E-state index in [2.05, 4.69) is 5.32 Å². The van der Waals surface area contributed by atoms with Crippen LogP contribution >= 0.6 is 0 Å². The Morgan fingerprint density at radius 2 is 2.00 bits per heavy atom. The number of hydrogen-bond acceptors (Lipinski definition) is 3. The quantitative estimate of drug-likeness (QED) is 0.685. The van der Waals surface area contributed by atoms with Crippen molar-refractivity contribution in [2.45, 2.75) is 46.1 Å². The normalized spacial score (nSPS) is 26.9. The fourth-order valence-corrected chi connectivity index (χ4v) is 2.36. The lowest BCUT2D eigenvalue weighted by Crippen LogP contribution is -2.49. The number of hydrogen-bond donors (Lipinski definition) is 3. The van der Waals surface area contributed by atoms with E-state index in [1.165, 1.54) is 0 Å². The van der Waals surface area contributed by atoms with Gasteiger partial charge in [0.2, 0.25) is 5.91 Å². The molecule has 1 amide bonds. The molecule has 4 N–H and O–H groups in total. The van der Waals surface area contributed by atoms with Gasteiger partial charge in [0.15, 0.2) is 0 Å². The minimum Gasteiger partial charge on any atom is -0.396 e. The van der Waals surface area contributed by atoms with Gasteiger partial charge in [0.05, 0.1) is 6.04 Å². The second-order valence-electron chi connectivity index (χ2n) is 6.22. The van der Waals surface area contributed by atoms with Crippen LogP contribution in [0.25, 0.3) is 0 Å². The summed E-state index contributed by atoms with van der Waals surface area (Å²) in [7, 11) is 0. The van der Waals surface area contributed by atoms with Crippen LogP contribution in [0.1, 0.15) is 40.0 Å². The van der Waals surface area contributed by atoms with Crippen molar-refractivity contribution in [1.29, 1.82) is 0 Å². The molecule has 0 aromatic heterocycles. The molecule has 17 heavy (non-hydrogen) atoms. The molecule has 1 rings (SSSR count). The predicted octanol–water partition coefficient (Wildman–Crippen LogP) is 0.885. The van der Waals surface area contributed by atoms with Crippen molar-refractivity contribution < 1.29 is 9.90 Å². The van der Waals surface area contributed by atoms with E-state index in [1.54, 1.807) is 0 Å². The third-order valence-electron chi connectivity index (χ3n) is 3.80. The topological polar surface area (TPSA) is 75.4 Å². The Labute approximate surface area is 104 Å². The second-order valence-corrected chi connectivity index (χ2v) is 6.22. The lowest BCUT2D eigenvalue weighted by molar-refractivity contribution is -0.124. The zero-order chi connectivity index (χ0) is 13.1. The highest BCUT2D eigenvalue weighted by Crippen LogP contribution is 2.30. The van der Waals surface area contributed by atoms with E-state index >= 15 is 0 Å². The van der Waals surface area contributed by atoms with Gasteiger partial charge in [-0.3, -0.25) is 4.79 Å². The predicted molar refractivity (Wildman–Crippen MR) is 68.4 cm³/mol. The number of rotatable bonds is 4. The van der Waals surface area contributed by atoms with Gasteiger partial charge in [0.25, 0.3) is 0 Å². The number of aliphatic hydroxyl groups is 1. The van der Waals surface area contributed by atoms with E-state index in [0.717, 1.165) is 19.3 Å². The summed E-state index contributed by atoms with van der Waals surface area (Å²) >= 11 is 0. The van der Waals surface area contributed by atoms with Crippen molar-refractivity contribution in [3.63, 3.8) is 0 Å². The Kier molecular flexibility index (Phi) is 4.95. The van der Waals surface area contributed by atoms with Crippen molar-refractivity contribution in [2.75, 3.05) is 13.2 Å². The van der Waals surface area contributed by atoms with Crippen LogP contribution < -0.4 is 11.1 Å². The third-order valence-corrected chi connectivity index (χ3v) is 3.80. The molecule has 1 fully saturated rings. The Balaban J connectivity index is 2.38. The third kappa shape index (κ3) is 3.96. The molecule has 0 aromatic rings. The minimum absolute atomic E-state index is 0.0823. The molecule has 0 bridgehead atoms. The van der Waals surface area contributed by atoms with Crippen molar-refractivity contribution in [2.24, 2.45) is 23.0 Å². The van der Waals surface area contributed by atoms with Crippen molar-refractivity contribution in [3.05, 3.63) is 0 Å². The van der Waals surface area contributed by atoms with Crippen LogP contribution in [0.2, 0.25) is 0 Å². The smallest absolute Gasteiger partial charge is 0.237 e. The summed E-state index contributed by atoms with van der Waals surface area (Å²) in [5.41, 5.74) is 5.67. The number of aliphatic hydroxyl groups excluding tert-OH is 1. The summed E-state index contributed by atoms with van der Waals surface area (Å²) < 4.78 is 0. The van der Waals surface area contributed by atoms with Crippen molar-refractivity contribution in [3.8, 4) is 0 Å². The Morgan fingerprint density at radius 3 is 2.53 bits per heavy atom. The number of amides is 1. The minimum atomic E-state index is -0.475. The van der Waals surface area contributed by atoms with Crippen molar-refractivity contribution >= 4 is 5.91 Å². The van der Waals surface area contributed by atoms with Crippen LogP contribution in [0, 0.1) is 17.3 Å². The summed E-state index contributed by atoms with van der Waals surface area (Å²) in [5, 5.41) is 12.1. The molecular formula is C13H26N2O2. The summed E-state index contributed by atoms with van der Waals surface area (Å²) in [6, 6.07) is -0.475. The molecule has 2 unspecified atom stereocenters. The maximum absolute atomic E-state index is 11.8. The zero-order valence-corrected chi connectivity index (χ0v) is 11.2. The molecule has 0 heterocycles. The molecule has 4 heteroatoms. The molecule has 0 saturated heterocycles. The second kappa shape index (κ2) is 5.83. The van der Waals surface area contributed by atoms with Crippen LogP contribution in [0.5, 0.6) is 0 Å². The van der Waals surface area contributed by atoms with Gasteiger partial charge < -0.3 is 16.2 Å². The lowest BCUT2D eigenvalue weighted by atomic mass is 9.86.